The smallest absolute Gasteiger partial charge is 0.141 e. The molecule has 0 aromatic heterocycles. The van der Waals surface area contributed by atoms with Gasteiger partial charge in [-0.1, -0.05) is 12.8 Å². The molecule has 0 aliphatic heterocycles. The van der Waals surface area contributed by atoms with Crippen molar-refractivity contribution in [2.24, 2.45) is 0 Å². The molecule has 1 aliphatic rings. The molecule has 1 nitrogen and oxygen atoms in total. The van der Waals surface area contributed by atoms with Crippen molar-refractivity contribution in [3.05, 3.63) is 0 Å². The van der Waals surface area contributed by atoms with Crippen LogP contribution in [-0.2, 0) is 15.4 Å². The van der Waals surface area contributed by atoms with E-state index in [1.165, 1.54) is 25.7 Å². The van der Waals surface area contributed by atoms with Gasteiger partial charge < -0.3 is 0 Å². The molecule has 9 heavy (non-hydrogen) atoms. The van der Waals surface area contributed by atoms with Crippen LogP contribution in [0.25, 0.3) is 0 Å². The minimum absolute atomic E-state index is 0.195. The summed E-state index contributed by atoms with van der Waals surface area (Å²) in [6.45, 7) is 0. The summed E-state index contributed by atoms with van der Waals surface area (Å²) in [6.07, 6.45) is 10.2. The summed E-state index contributed by atoms with van der Waals surface area (Å²) in [6, 6.07) is 0. The highest BCUT2D eigenvalue weighted by atomic mass is 32.2. The van der Waals surface area contributed by atoms with Crippen molar-refractivity contribution < 1.29 is 4.18 Å². The predicted octanol–water partition coefficient (Wildman–Crippen LogP) is 1.74. The fourth-order valence-corrected chi connectivity index (χ4v) is 1.99. The number of hydrogen-bond acceptors (Lipinski definition) is 1. The molecule has 0 unspecified atom stereocenters. The van der Waals surface area contributed by atoms with Gasteiger partial charge in [0.15, 0.2) is 0 Å². The maximum absolute atomic E-state index is 5.64. The Bertz CT molecular complexity index is 77.0. The summed E-state index contributed by atoms with van der Waals surface area (Å²) in [5.74, 6) is 0. The SMILES string of the molecule is C[S+](C)OC1CCCC1. The van der Waals surface area contributed by atoms with Crippen LogP contribution in [0, 0.1) is 0 Å². The summed E-state index contributed by atoms with van der Waals surface area (Å²) in [4.78, 5) is 0. The van der Waals surface area contributed by atoms with Gasteiger partial charge in [0.25, 0.3) is 0 Å². The molecule has 2 heteroatoms. The van der Waals surface area contributed by atoms with Gasteiger partial charge in [0, 0.05) is 0 Å². The van der Waals surface area contributed by atoms with Crippen molar-refractivity contribution >= 4 is 11.2 Å². The lowest BCUT2D eigenvalue weighted by Gasteiger charge is -2.03. The van der Waals surface area contributed by atoms with Gasteiger partial charge in [0.05, 0.1) is 0 Å². The zero-order valence-corrected chi connectivity index (χ0v) is 7.04. The van der Waals surface area contributed by atoms with Gasteiger partial charge in [-0.25, -0.2) is 0 Å². The Labute approximate surface area is 60.3 Å². The van der Waals surface area contributed by atoms with Crippen LogP contribution in [0.2, 0.25) is 0 Å². The molecular formula is C7H15OS+. The monoisotopic (exact) mass is 147 g/mol. The van der Waals surface area contributed by atoms with Crippen LogP contribution in [0.5, 0.6) is 0 Å². The molecule has 54 valence electrons. The number of hydrogen-bond donors (Lipinski definition) is 0. The summed E-state index contributed by atoms with van der Waals surface area (Å²) in [5, 5.41) is 0. The molecular weight excluding hydrogens is 132 g/mol. The van der Waals surface area contributed by atoms with Crippen LogP contribution in [0.1, 0.15) is 25.7 Å². The molecule has 0 heterocycles. The van der Waals surface area contributed by atoms with Crippen LogP contribution in [-0.4, -0.2) is 18.6 Å². The van der Waals surface area contributed by atoms with Gasteiger partial charge in [-0.2, -0.15) is 4.18 Å². The van der Waals surface area contributed by atoms with Crippen molar-refractivity contribution in [3.63, 3.8) is 0 Å². The Morgan fingerprint density at radius 3 is 2.22 bits per heavy atom. The third-order valence-corrected chi connectivity index (χ3v) is 2.29. The molecule has 1 saturated carbocycles. The quantitative estimate of drug-likeness (QED) is 0.541. The molecule has 0 N–H and O–H groups in total. The van der Waals surface area contributed by atoms with Crippen molar-refractivity contribution in [1.29, 1.82) is 0 Å². The van der Waals surface area contributed by atoms with Gasteiger partial charge in [-0.15, -0.1) is 0 Å². The first-order valence-electron chi connectivity index (χ1n) is 3.54. The van der Waals surface area contributed by atoms with Gasteiger partial charge in [-0.05, 0) is 12.8 Å². The zero-order chi connectivity index (χ0) is 6.69. The normalized spacial score (nSPS) is 21.7. The number of rotatable bonds is 2. The maximum Gasteiger partial charge on any atom is 0.141 e. The summed E-state index contributed by atoms with van der Waals surface area (Å²) in [5.41, 5.74) is 0. The van der Waals surface area contributed by atoms with Crippen molar-refractivity contribution in [1.82, 2.24) is 0 Å². The topological polar surface area (TPSA) is 9.23 Å². The molecule has 0 bridgehead atoms. The molecule has 1 aliphatic carbocycles. The second kappa shape index (κ2) is 3.47. The lowest BCUT2D eigenvalue weighted by atomic mass is 10.3. The van der Waals surface area contributed by atoms with E-state index in [1.54, 1.807) is 0 Å². The van der Waals surface area contributed by atoms with Crippen LogP contribution < -0.4 is 0 Å². The van der Waals surface area contributed by atoms with Crippen molar-refractivity contribution in [2.45, 2.75) is 31.8 Å². The highest BCUT2D eigenvalue weighted by Gasteiger charge is 2.21. The van der Waals surface area contributed by atoms with Gasteiger partial charge in [0.2, 0.25) is 0 Å². The first kappa shape index (κ1) is 7.42. The molecule has 0 spiro atoms. The predicted molar refractivity (Wildman–Crippen MR) is 42.6 cm³/mol. The lowest BCUT2D eigenvalue weighted by Crippen LogP contribution is -2.12. The molecule has 0 radical (unpaired) electrons. The maximum atomic E-state index is 5.64. The minimum Gasteiger partial charge on any atom is -0.171 e. The average Bonchev–Trinajstić information content (AvgIpc) is 2.15. The van der Waals surface area contributed by atoms with Gasteiger partial charge in [0.1, 0.15) is 29.8 Å². The fraction of sp³-hybridized carbons (Fsp3) is 1.00. The average molecular weight is 147 g/mol. The molecule has 0 aromatic carbocycles. The Morgan fingerprint density at radius 1 is 1.22 bits per heavy atom. The first-order valence-corrected chi connectivity index (χ1v) is 5.50. The Balaban J connectivity index is 2.11. The van der Waals surface area contributed by atoms with E-state index in [2.05, 4.69) is 12.5 Å². The fourth-order valence-electron chi connectivity index (χ4n) is 1.26. The highest BCUT2D eigenvalue weighted by Crippen LogP contribution is 2.21. The van der Waals surface area contributed by atoms with E-state index in [4.69, 9.17) is 4.18 Å². The van der Waals surface area contributed by atoms with Gasteiger partial charge in [-0.3, -0.25) is 0 Å². The van der Waals surface area contributed by atoms with E-state index >= 15 is 0 Å². The molecule has 0 saturated heterocycles. The van der Waals surface area contributed by atoms with E-state index in [0.29, 0.717) is 6.10 Å². The zero-order valence-electron chi connectivity index (χ0n) is 6.22. The lowest BCUT2D eigenvalue weighted by molar-refractivity contribution is 0.244. The summed E-state index contributed by atoms with van der Waals surface area (Å²) >= 11 is 0.195. The Kier molecular flexibility index (Phi) is 2.86. The minimum atomic E-state index is 0.195. The van der Waals surface area contributed by atoms with E-state index in [1.807, 2.05) is 0 Å². The second-order valence-corrected chi connectivity index (χ2v) is 4.42. The molecule has 0 amide bonds. The highest BCUT2D eigenvalue weighted by molar-refractivity contribution is 7.90. The third kappa shape index (κ3) is 2.59. The first-order chi connectivity index (χ1) is 4.29. The van der Waals surface area contributed by atoms with Crippen LogP contribution in [0.15, 0.2) is 0 Å². The van der Waals surface area contributed by atoms with Crippen molar-refractivity contribution in [3.8, 4) is 0 Å². The molecule has 0 aromatic rings. The van der Waals surface area contributed by atoms with Gasteiger partial charge >= 0.3 is 0 Å². The third-order valence-electron chi connectivity index (χ3n) is 1.63. The molecule has 1 fully saturated rings. The van der Waals surface area contributed by atoms with E-state index in [0.717, 1.165) is 0 Å². The van der Waals surface area contributed by atoms with Crippen LogP contribution in [0.3, 0.4) is 0 Å². The van der Waals surface area contributed by atoms with Crippen LogP contribution in [0.4, 0.5) is 0 Å². The Morgan fingerprint density at radius 2 is 1.78 bits per heavy atom. The standard InChI is InChI=1S/C7H15OS/c1-9(2)8-7-5-3-4-6-7/h7H,3-6H2,1-2H3/q+1. The van der Waals surface area contributed by atoms with E-state index < -0.39 is 0 Å². The van der Waals surface area contributed by atoms with E-state index in [-0.39, 0.29) is 11.2 Å². The van der Waals surface area contributed by atoms with E-state index in [9.17, 15) is 0 Å². The molecule has 0 atom stereocenters. The molecule has 1 rings (SSSR count). The Hall–Kier alpha value is 0.310. The van der Waals surface area contributed by atoms with Crippen LogP contribution >= 0.6 is 0 Å². The second-order valence-electron chi connectivity index (χ2n) is 2.74. The largest absolute Gasteiger partial charge is 0.171 e. The summed E-state index contributed by atoms with van der Waals surface area (Å²) in [7, 11) is 0. The summed E-state index contributed by atoms with van der Waals surface area (Å²) < 4.78 is 5.64. The van der Waals surface area contributed by atoms with Crippen molar-refractivity contribution in [2.75, 3.05) is 12.5 Å².